The highest BCUT2D eigenvalue weighted by atomic mass is 16.5. The molecule has 1 fully saturated rings. The normalized spacial score (nSPS) is 17.0. The van der Waals surface area contributed by atoms with Gasteiger partial charge in [-0.2, -0.15) is 0 Å². The van der Waals surface area contributed by atoms with E-state index < -0.39 is 0 Å². The fourth-order valence-electron chi connectivity index (χ4n) is 2.68. The summed E-state index contributed by atoms with van der Waals surface area (Å²) in [7, 11) is 0. The fraction of sp³-hybridized carbons (Fsp3) is 0.500. The molecule has 1 aromatic carbocycles. The molecule has 1 heterocycles. The van der Waals surface area contributed by atoms with Crippen molar-refractivity contribution in [1.29, 1.82) is 0 Å². The van der Waals surface area contributed by atoms with Crippen LogP contribution in [-0.2, 0) is 19.1 Å². The second kappa shape index (κ2) is 8.47. The molecule has 1 aliphatic heterocycles. The number of amides is 2. The summed E-state index contributed by atoms with van der Waals surface area (Å²) in [5.41, 5.74) is 1.95. The van der Waals surface area contributed by atoms with Crippen LogP contribution in [0.4, 0.5) is 5.69 Å². The van der Waals surface area contributed by atoms with E-state index in [-0.39, 0.29) is 36.5 Å². The van der Waals surface area contributed by atoms with Gasteiger partial charge in [0, 0.05) is 31.6 Å². The van der Waals surface area contributed by atoms with Crippen LogP contribution in [0.15, 0.2) is 24.3 Å². The van der Waals surface area contributed by atoms with Gasteiger partial charge in [0.25, 0.3) is 0 Å². The maximum absolute atomic E-state index is 12.2. The molecule has 0 aromatic heterocycles. The average molecular weight is 332 g/mol. The van der Waals surface area contributed by atoms with Crippen molar-refractivity contribution < 1.29 is 19.1 Å². The summed E-state index contributed by atoms with van der Waals surface area (Å²) in [6.07, 6.45) is 1.04. The number of rotatable bonds is 7. The lowest BCUT2D eigenvalue weighted by atomic mass is 10.1. The Morgan fingerprint density at radius 1 is 1.29 bits per heavy atom. The van der Waals surface area contributed by atoms with E-state index >= 15 is 0 Å². The predicted octanol–water partition coefficient (Wildman–Crippen LogP) is 1.81. The fourth-order valence-corrected chi connectivity index (χ4v) is 2.68. The van der Waals surface area contributed by atoms with Crippen LogP contribution in [0.3, 0.4) is 0 Å². The third kappa shape index (κ3) is 4.81. The van der Waals surface area contributed by atoms with E-state index in [9.17, 15) is 14.4 Å². The minimum atomic E-state index is -0.346. The molecule has 1 aromatic rings. The SMILES string of the molecule is CCOC(=O)CCCNC(=O)C1CC(=O)N(c2ccc(C)cc2)C1. The van der Waals surface area contributed by atoms with Gasteiger partial charge < -0.3 is 15.0 Å². The van der Waals surface area contributed by atoms with Gasteiger partial charge in [-0.1, -0.05) is 17.7 Å². The van der Waals surface area contributed by atoms with Crippen molar-refractivity contribution in [2.75, 3.05) is 24.6 Å². The van der Waals surface area contributed by atoms with E-state index in [0.29, 0.717) is 26.1 Å². The number of benzene rings is 1. The zero-order valence-electron chi connectivity index (χ0n) is 14.2. The van der Waals surface area contributed by atoms with Gasteiger partial charge in [0.2, 0.25) is 11.8 Å². The summed E-state index contributed by atoms with van der Waals surface area (Å²) in [5.74, 6) is -0.776. The van der Waals surface area contributed by atoms with Gasteiger partial charge in [-0.05, 0) is 32.4 Å². The highest BCUT2D eigenvalue weighted by Gasteiger charge is 2.34. The van der Waals surface area contributed by atoms with E-state index in [0.717, 1.165) is 11.3 Å². The highest BCUT2D eigenvalue weighted by molar-refractivity contribution is 6.00. The Morgan fingerprint density at radius 3 is 2.67 bits per heavy atom. The van der Waals surface area contributed by atoms with Crippen LogP contribution in [0.2, 0.25) is 0 Å². The molecule has 2 rings (SSSR count). The summed E-state index contributed by atoms with van der Waals surface area (Å²) in [5, 5.41) is 2.80. The molecule has 6 heteroatoms. The standard InChI is InChI=1S/C18H24N2O4/c1-3-24-17(22)5-4-10-19-18(23)14-11-16(21)20(12-14)15-8-6-13(2)7-9-15/h6-9,14H,3-5,10-12H2,1-2H3,(H,19,23). The molecule has 0 radical (unpaired) electrons. The number of nitrogens with zero attached hydrogens (tertiary/aromatic N) is 1. The lowest BCUT2D eigenvalue weighted by molar-refractivity contribution is -0.143. The number of hydrogen-bond acceptors (Lipinski definition) is 4. The van der Waals surface area contributed by atoms with E-state index in [4.69, 9.17) is 4.74 Å². The average Bonchev–Trinajstić information content (AvgIpc) is 2.94. The number of carbonyl (C=O) groups excluding carboxylic acids is 3. The zero-order chi connectivity index (χ0) is 17.5. The smallest absolute Gasteiger partial charge is 0.305 e. The van der Waals surface area contributed by atoms with Crippen LogP contribution >= 0.6 is 0 Å². The van der Waals surface area contributed by atoms with Gasteiger partial charge in [-0.15, -0.1) is 0 Å². The van der Waals surface area contributed by atoms with Gasteiger partial charge in [0.1, 0.15) is 0 Å². The summed E-state index contributed by atoms with van der Waals surface area (Å²) in [4.78, 5) is 37.2. The van der Waals surface area contributed by atoms with Crippen molar-refractivity contribution >= 4 is 23.5 Å². The minimum Gasteiger partial charge on any atom is -0.466 e. The monoisotopic (exact) mass is 332 g/mol. The Bertz CT molecular complexity index is 598. The molecule has 24 heavy (non-hydrogen) atoms. The first-order valence-corrected chi connectivity index (χ1v) is 8.31. The number of carbonyl (C=O) groups is 3. The molecule has 2 amide bonds. The van der Waals surface area contributed by atoms with Crippen LogP contribution in [0, 0.1) is 12.8 Å². The van der Waals surface area contributed by atoms with E-state index in [2.05, 4.69) is 5.32 Å². The van der Waals surface area contributed by atoms with Crippen LogP contribution in [0.5, 0.6) is 0 Å². The molecule has 0 aliphatic carbocycles. The summed E-state index contributed by atoms with van der Waals surface area (Å²) in [6, 6.07) is 7.69. The van der Waals surface area contributed by atoms with Crippen LogP contribution in [-0.4, -0.2) is 37.5 Å². The maximum atomic E-state index is 12.2. The lowest BCUT2D eigenvalue weighted by Gasteiger charge is -2.17. The minimum absolute atomic E-state index is 0.0365. The topological polar surface area (TPSA) is 75.7 Å². The van der Waals surface area contributed by atoms with Gasteiger partial charge in [-0.3, -0.25) is 14.4 Å². The van der Waals surface area contributed by atoms with Crippen LogP contribution in [0.25, 0.3) is 0 Å². The van der Waals surface area contributed by atoms with Crippen molar-refractivity contribution in [2.24, 2.45) is 5.92 Å². The Hall–Kier alpha value is -2.37. The van der Waals surface area contributed by atoms with E-state index in [1.54, 1.807) is 11.8 Å². The number of anilines is 1. The Morgan fingerprint density at radius 2 is 2.00 bits per heavy atom. The molecular weight excluding hydrogens is 308 g/mol. The second-order valence-corrected chi connectivity index (χ2v) is 5.94. The first-order valence-electron chi connectivity index (χ1n) is 8.31. The van der Waals surface area contributed by atoms with E-state index in [1.165, 1.54) is 0 Å². The molecule has 0 saturated carbocycles. The second-order valence-electron chi connectivity index (χ2n) is 5.94. The van der Waals surface area contributed by atoms with Crippen LogP contribution in [0.1, 0.15) is 31.7 Å². The third-order valence-corrected chi connectivity index (χ3v) is 4.00. The molecule has 130 valence electrons. The molecule has 1 N–H and O–H groups in total. The molecule has 0 spiro atoms. The molecule has 0 bridgehead atoms. The first-order chi connectivity index (χ1) is 11.5. The quantitative estimate of drug-likeness (QED) is 0.610. The Balaban J connectivity index is 1.79. The summed E-state index contributed by atoms with van der Waals surface area (Å²) < 4.78 is 4.83. The molecule has 1 atom stereocenters. The zero-order valence-corrected chi connectivity index (χ0v) is 14.2. The predicted molar refractivity (Wildman–Crippen MR) is 90.5 cm³/mol. The van der Waals surface area contributed by atoms with Crippen LogP contribution < -0.4 is 10.2 Å². The van der Waals surface area contributed by atoms with E-state index in [1.807, 2.05) is 31.2 Å². The largest absolute Gasteiger partial charge is 0.466 e. The van der Waals surface area contributed by atoms with Crippen molar-refractivity contribution in [3.63, 3.8) is 0 Å². The number of hydrogen-bond donors (Lipinski definition) is 1. The molecule has 6 nitrogen and oxygen atoms in total. The number of esters is 1. The number of aryl methyl sites for hydroxylation is 1. The highest BCUT2D eigenvalue weighted by Crippen LogP contribution is 2.25. The molecule has 1 unspecified atom stereocenters. The summed E-state index contributed by atoms with van der Waals surface area (Å²) >= 11 is 0. The molecular formula is C18H24N2O4. The molecule has 1 saturated heterocycles. The molecule has 1 aliphatic rings. The van der Waals surface area contributed by atoms with Crippen molar-refractivity contribution in [3.05, 3.63) is 29.8 Å². The number of nitrogens with one attached hydrogen (secondary N) is 1. The third-order valence-electron chi connectivity index (χ3n) is 4.00. The number of ether oxygens (including phenoxy) is 1. The lowest BCUT2D eigenvalue weighted by Crippen LogP contribution is -2.33. The Kier molecular flexibility index (Phi) is 6.35. The maximum Gasteiger partial charge on any atom is 0.305 e. The van der Waals surface area contributed by atoms with Gasteiger partial charge in [-0.25, -0.2) is 0 Å². The first kappa shape index (κ1) is 18.0. The van der Waals surface area contributed by atoms with Gasteiger partial charge in [0.15, 0.2) is 0 Å². The van der Waals surface area contributed by atoms with Gasteiger partial charge >= 0.3 is 5.97 Å². The van der Waals surface area contributed by atoms with Crippen molar-refractivity contribution in [1.82, 2.24) is 5.32 Å². The summed E-state index contributed by atoms with van der Waals surface area (Å²) in [6.45, 7) is 4.92. The van der Waals surface area contributed by atoms with Crippen molar-refractivity contribution in [3.8, 4) is 0 Å². The van der Waals surface area contributed by atoms with Gasteiger partial charge in [0.05, 0.1) is 12.5 Å². The Labute approximate surface area is 142 Å². The van der Waals surface area contributed by atoms with Crippen molar-refractivity contribution in [2.45, 2.75) is 33.1 Å².